The highest BCUT2D eigenvalue weighted by Gasteiger charge is 2.11. The maximum Gasteiger partial charge on any atom is 0.227 e. The van der Waals surface area contributed by atoms with Gasteiger partial charge in [-0.25, -0.2) is 0 Å². The van der Waals surface area contributed by atoms with Crippen LogP contribution in [-0.2, 0) is 19.9 Å². The molecule has 4 rings (SSSR count). The van der Waals surface area contributed by atoms with Crippen LogP contribution in [0.1, 0.15) is 11.6 Å². The summed E-state index contributed by atoms with van der Waals surface area (Å²) in [6.45, 7) is 0. The van der Waals surface area contributed by atoms with Crippen molar-refractivity contribution in [2.45, 2.75) is 12.8 Å². The monoisotopic (exact) mass is 345 g/mol. The number of aryl methyl sites for hydroxylation is 2. The van der Waals surface area contributed by atoms with E-state index < -0.39 is 0 Å². The SMILES string of the molecule is Cn1ncc(N)c1CCc1nc(-c2ccc(-c3ccccc3)cc2)no1. The van der Waals surface area contributed by atoms with E-state index in [1.54, 1.807) is 10.9 Å². The van der Waals surface area contributed by atoms with Crippen LogP contribution in [-0.4, -0.2) is 19.9 Å². The van der Waals surface area contributed by atoms with E-state index in [2.05, 4.69) is 39.5 Å². The molecule has 2 aromatic carbocycles. The number of anilines is 1. The van der Waals surface area contributed by atoms with Crippen molar-refractivity contribution >= 4 is 5.69 Å². The van der Waals surface area contributed by atoms with Crippen LogP contribution >= 0.6 is 0 Å². The Morgan fingerprint density at radius 3 is 2.31 bits per heavy atom. The molecule has 0 atom stereocenters. The van der Waals surface area contributed by atoms with Crippen LogP contribution in [0.3, 0.4) is 0 Å². The lowest BCUT2D eigenvalue weighted by molar-refractivity contribution is 0.378. The number of nitrogen functional groups attached to an aromatic ring is 1. The van der Waals surface area contributed by atoms with Gasteiger partial charge in [0.15, 0.2) is 0 Å². The third-order valence-electron chi connectivity index (χ3n) is 4.39. The van der Waals surface area contributed by atoms with E-state index >= 15 is 0 Å². The van der Waals surface area contributed by atoms with E-state index in [1.165, 1.54) is 5.56 Å². The number of hydrogen-bond donors (Lipinski definition) is 1. The molecule has 0 unspecified atom stereocenters. The predicted octanol–water partition coefficient (Wildman–Crippen LogP) is 3.50. The molecule has 0 amide bonds. The smallest absolute Gasteiger partial charge is 0.227 e. The van der Waals surface area contributed by atoms with E-state index in [1.807, 2.05) is 37.4 Å². The fourth-order valence-electron chi connectivity index (χ4n) is 2.93. The molecule has 0 saturated carbocycles. The number of benzene rings is 2. The Bertz CT molecular complexity index is 983. The van der Waals surface area contributed by atoms with Crippen molar-refractivity contribution in [3.8, 4) is 22.5 Å². The van der Waals surface area contributed by atoms with Gasteiger partial charge in [0.2, 0.25) is 11.7 Å². The topological polar surface area (TPSA) is 82.8 Å². The second-order valence-corrected chi connectivity index (χ2v) is 6.13. The second-order valence-electron chi connectivity index (χ2n) is 6.13. The highest BCUT2D eigenvalue weighted by Crippen LogP contribution is 2.23. The highest BCUT2D eigenvalue weighted by molar-refractivity contribution is 5.67. The molecule has 6 heteroatoms. The minimum atomic E-state index is 0.590. The predicted molar refractivity (Wildman–Crippen MR) is 100 cm³/mol. The average molecular weight is 345 g/mol. The summed E-state index contributed by atoms with van der Waals surface area (Å²) in [5, 5.41) is 8.23. The standard InChI is InChI=1S/C20H19N5O/c1-25-18(17(21)13-22-25)11-12-19-23-20(24-26-19)16-9-7-15(8-10-16)14-5-3-2-4-6-14/h2-10,13H,11-12,21H2,1H3. The van der Waals surface area contributed by atoms with Crippen LogP contribution < -0.4 is 5.73 Å². The Hall–Kier alpha value is -3.41. The molecule has 6 nitrogen and oxygen atoms in total. The number of aromatic nitrogens is 4. The Morgan fingerprint density at radius 2 is 1.62 bits per heavy atom. The van der Waals surface area contributed by atoms with Crippen molar-refractivity contribution in [2.24, 2.45) is 7.05 Å². The first-order valence-electron chi connectivity index (χ1n) is 8.45. The number of nitrogens with zero attached hydrogens (tertiary/aromatic N) is 4. The van der Waals surface area contributed by atoms with Gasteiger partial charge >= 0.3 is 0 Å². The quantitative estimate of drug-likeness (QED) is 0.598. The first kappa shape index (κ1) is 16.1. The van der Waals surface area contributed by atoms with Gasteiger partial charge in [0, 0.05) is 25.5 Å². The zero-order valence-corrected chi connectivity index (χ0v) is 14.5. The van der Waals surface area contributed by atoms with Gasteiger partial charge in [0.05, 0.1) is 17.6 Å². The summed E-state index contributed by atoms with van der Waals surface area (Å²) in [6, 6.07) is 18.4. The molecule has 130 valence electrons. The van der Waals surface area contributed by atoms with Gasteiger partial charge in [-0.2, -0.15) is 10.1 Å². The summed E-state index contributed by atoms with van der Waals surface area (Å²) in [5.74, 6) is 1.19. The molecule has 2 N–H and O–H groups in total. The van der Waals surface area contributed by atoms with Crippen LogP contribution in [0, 0.1) is 0 Å². The minimum absolute atomic E-state index is 0.590. The number of rotatable bonds is 5. The Morgan fingerprint density at radius 1 is 0.923 bits per heavy atom. The van der Waals surface area contributed by atoms with Crippen LogP contribution in [0.15, 0.2) is 65.3 Å². The van der Waals surface area contributed by atoms with Gasteiger partial charge in [0.1, 0.15) is 0 Å². The molecule has 0 aliphatic carbocycles. The first-order valence-corrected chi connectivity index (χ1v) is 8.45. The molecule has 4 aromatic rings. The van der Waals surface area contributed by atoms with Crippen molar-refractivity contribution in [3.05, 3.63) is 72.4 Å². The van der Waals surface area contributed by atoms with Crippen molar-refractivity contribution in [2.75, 3.05) is 5.73 Å². The summed E-state index contributed by atoms with van der Waals surface area (Å²) in [7, 11) is 1.87. The molecule has 26 heavy (non-hydrogen) atoms. The maximum absolute atomic E-state index is 5.91. The van der Waals surface area contributed by atoms with E-state index in [0.717, 1.165) is 16.8 Å². The summed E-state index contributed by atoms with van der Waals surface area (Å²) in [6.07, 6.45) is 2.98. The zero-order chi connectivity index (χ0) is 17.9. The number of nitrogens with two attached hydrogens (primary N) is 1. The molecule has 0 aliphatic heterocycles. The fraction of sp³-hybridized carbons (Fsp3) is 0.150. The fourth-order valence-corrected chi connectivity index (χ4v) is 2.93. The molecule has 0 fully saturated rings. The Labute approximate surface area is 151 Å². The van der Waals surface area contributed by atoms with E-state index in [-0.39, 0.29) is 0 Å². The summed E-state index contributed by atoms with van der Waals surface area (Å²) in [4.78, 5) is 4.49. The van der Waals surface area contributed by atoms with Crippen molar-refractivity contribution in [1.29, 1.82) is 0 Å². The van der Waals surface area contributed by atoms with Gasteiger partial charge in [-0.3, -0.25) is 4.68 Å². The maximum atomic E-state index is 5.91. The lowest BCUT2D eigenvalue weighted by Crippen LogP contribution is -2.03. The third kappa shape index (κ3) is 3.21. The van der Waals surface area contributed by atoms with Gasteiger partial charge in [-0.05, 0) is 11.1 Å². The lowest BCUT2D eigenvalue weighted by atomic mass is 10.0. The Balaban J connectivity index is 1.47. The Kier molecular flexibility index (Phi) is 4.23. The molecule has 0 radical (unpaired) electrons. The van der Waals surface area contributed by atoms with Crippen molar-refractivity contribution in [3.63, 3.8) is 0 Å². The summed E-state index contributed by atoms with van der Waals surface area (Å²) < 4.78 is 7.15. The highest BCUT2D eigenvalue weighted by atomic mass is 16.5. The summed E-state index contributed by atoms with van der Waals surface area (Å²) >= 11 is 0. The third-order valence-corrected chi connectivity index (χ3v) is 4.39. The van der Waals surface area contributed by atoms with Gasteiger partial charge in [-0.15, -0.1) is 0 Å². The molecular formula is C20H19N5O. The average Bonchev–Trinajstić information content (AvgIpc) is 3.28. The normalized spacial score (nSPS) is 11.0. The van der Waals surface area contributed by atoms with Crippen LogP contribution in [0.4, 0.5) is 5.69 Å². The van der Waals surface area contributed by atoms with Crippen LogP contribution in [0.2, 0.25) is 0 Å². The molecule has 2 aromatic heterocycles. The lowest BCUT2D eigenvalue weighted by Gasteiger charge is -2.02. The van der Waals surface area contributed by atoms with Crippen LogP contribution in [0.5, 0.6) is 0 Å². The zero-order valence-electron chi connectivity index (χ0n) is 14.5. The molecule has 0 spiro atoms. The summed E-state index contributed by atoms with van der Waals surface area (Å²) in [5.41, 5.74) is 10.8. The largest absolute Gasteiger partial charge is 0.396 e. The van der Waals surface area contributed by atoms with E-state index in [4.69, 9.17) is 10.3 Å². The second kappa shape index (κ2) is 6.84. The van der Waals surface area contributed by atoms with Crippen molar-refractivity contribution in [1.82, 2.24) is 19.9 Å². The molecule has 2 heterocycles. The minimum Gasteiger partial charge on any atom is -0.396 e. The molecule has 0 saturated heterocycles. The van der Waals surface area contributed by atoms with E-state index in [9.17, 15) is 0 Å². The molecule has 0 bridgehead atoms. The first-order chi connectivity index (χ1) is 12.7. The van der Waals surface area contributed by atoms with Gasteiger partial charge in [0.25, 0.3) is 0 Å². The van der Waals surface area contributed by atoms with Gasteiger partial charge < -0.3 is 10.3 Å². The van der Waals surface area contributed by atoms with E-state index in [0.29, 0.717) is 30.2 Å². The molecular weight excluding hydrogens is 326 g/mol. The van der Waals surface area contributed by atoms with Crippen molar-refractivity contribution < 1.29 is 4.52 Å². The van der Waals surface area contributed by atoms with Crippen LogP contribution in [0.25, 0.3) is 22.5 Å². The van der Waals surface area contributed by atoms with Gasteiger partial charge in [-0.1, -0.05) is 59.8 Å². The molecule has 0 aliphatic rings. The number of hydrogen-bond acceptors (Lipinski definition) is 5.